The van der Waals surface area contributed by atoms with Crippen molar-refractivity contribution in [3.8, 4) is 11.3 Å². The molecule has 0 unspecified atom stereocenters. The number of ketones is 2. The molecule has 0 bridgehead atoms. The zero-order chi connectivity index (χ0) is 34.8. The summed E-state index contributed by atoms with van der Waals surface area (Å²) in [4.78, 5) is 49.2. The third kappa shape index (κ3) is 8.59. The number of rotatable bonds is 10. The Morgan fingerprint density at radius 2 is 1.59 bits per heavy atom. The number of carbonyl (C=O) groups is 3. The number of likely N-dealkylation sites (N-methyl/N-ethyl adjacent to an activating group) is 1. The fraction of sp³-hybridized carbons (Fsp3) is 0.405. The van der Waals surface area contributed by atoms with Gasteiger partial charge in [-0.05, 0) is 49.7 Å². The number of ether oxygens (including phenoxy) is 1. The van der Waals surface area contributed by atoms with Crippen LogP contribution in [0.2, 0.25) is 0 Å². The van der Waals surface area contributed by atoms with E-state index in [0.29, 0.717) is 41.4 Å². The molecule has 4 fully saturated rings. The maximum absolute atomic E-state index is 13.8. The molecule has 4 aliphatic heterocycles. The number of hydrogen-bond acceptors (Lipinski definition) is 9. The Hall–Kier alpha value is -4.75. The van der Waals surface area contributed by atoms with Gasteiger partial charge in [-0.1, -0.05) is 30.3 Å². The molecule has 14 heteroatoms. The van der Waals surface area contributed by atoms with Crippen molar-refractivity contribution in [3.63, 3.8) is 0 Å². The van der Waals surface area contributed by atoms with Gasteiger partial charge >= 0.3 is 6.09 Å². The van der Waals surface area contributed by atoms with Crippen molar-refractivity contribution < 1.29 is 27.9 Å². The molecule has 1 aliphatic carbocycles. The largest absolute Gasteiger partial charge is 0.445 e. The topological polar surface area (TPSA) is 103 Å². The van der Waals surface area contributed by atoms with Gasteiger partial charge in [0, 0.05) is 83.2 Å². The lowest BCUT2D eigenvalue weighted by Gasteiger charge is -2.24. The Morgan fingerprint density at radius 1 is 0.922 bits per heavy atom. The van der Waals surface area contributed by atoms with Crippen LogP contribution in [0.15, 0.2) is 77.9 Å². The molecule has 1 amide bonds. The Balaban J connectivity index is 0.000000207. The van der Waals surface area contributed by atoms with E-state index in [-0.39, 0.29) is 36.5 Å². The third-order valence-corrected chi connectivity index (χ3v) is 9.41. The Bertz CT molecular complexity index is 1830. The molecule has 5 aliphatic rings. The summed E-state index contributed by atoms with van der Waals surface area (Å²) in [6.45, 7) is 8.39. The molecule has 0 saturated carbocycles. The van der Waals surface area contributed by atoms with E-state index in [1.54, 1.807) is 7.05 Å². The molecular weight excluding hydrogens is 680 g/mol. The summed E-state index contributed by atoms with van der Waals surface area (Å²) < 4.78 is 34.6. The minimum absolute atomic E-state index is 0. The van der Waals surface area contributed by atoms with E-state index in [1.165, 1.54) is 23.1 Å². The normalized spacial score (nSPS) is 18.1. The van der Waals surface area contributed by atoms with Gasteiger partial charge in [0.25, 0.3) is 0 Å². The lowest BCUT2D eigenvalue weighted by Crippen LogP contribution is -2.32. The van der Waals surface area contributed by atoms with E-state index in [2.05, 4.69) is 5.32 Å². The maximum Gasteiger partial charge on any atom is 0.409 e. The number of amides is 1. The SMILES string of the molecule is CN(CCn1cc(-c2ccc(F)c(F)c2)nc1C1CCNCC1)C(=O)OCc1ccccc1.Cl.O=C1C=C(N2CC2)C(=O)C(N2CC2)=C1N1CC1. The number of aromatic nitrogens is 2. The summed E-state index contributed by atoms with van der Waals surface area (Å²) in [7, 11) is 1.70. The predicted octanol–water partition coefficient (Wildman–Crippen LogP) is 4.17. The van der Waals surface area contributed by atoms with E-state index in [1.807, 2.05) is 55.8 Å². The molecule has 4 saturated heterocycles. The van der Waals surface area contributed by atoms with Crippen molar-refractivity contribution in [1.29, 1.82) is 0 Å². The number of allylic oxidation sites excluding steroid dienone is 1. The van der Waals surface area contributed by atoms with Crippen LogP contribution in [0.5, 0.6) is 0 Å². The summed E-state index contributed by atoms with van der Waals surface area (Å²) in [6, 6.07) is 13.3. The fourth-order valence-electron chi connectivity index (χ4n) is 6.26. The van der Waals surface area contributed by atoms with Gasteiger partial charge in [-0.3, -0.25) is 9.59 Å². The lowest BCUT2D eigenvalue weighted by atomic mass is 9.97. The van der Waals surface area contributed by atoms with Gasteiger partial charge in [-0.15, -0.1) is 12.4 Å². The summed E-state index contributed by atoms with van der Waals surface area (Å²) in [6.07, 6.45) is 4.87. The summed E-state index contributed by atoms with van der Waals surface area (Å²) in [5.74, 6) is -0.561. The highest BCUT2D eigenvalue weighted by Gasteiger charge is 2.43. The number of nitrogens with one attached hydrogen (secondary N) is 1. The van der Waals surface area contributed by atoms with E-state index in [0.717, 1.165) is 82.7 Å². The first-order valence-electron chi connectivity index (χ1n) is 17.2. The molecule has 11 nitrogen and oxygen atoms in total. The summed E-state index contributed by atoms with van der Waals surface area (Å²) >= 11 is 0. The molecule has 270 valence electrons. The first-order chi connectivity index (χ1) is 24.3. The fourth-order valence-corrected chi connectivity index (χ4v) is 6.26. The smallest absolute Gasteiger partial charge is 0.409 e. The predicted molar refractivity (Wildman–Crippen MR) is 189 cm³/mol. The van der Waals surface area contributed by atoms with Gasteiger partial charge in [-0.25, -0.2) is 18.6 Å². The average Bonchev–Trinajstić information content (AvgIpc) is 3.99. The highest BCUT2D eigenvalue weighted by atomic mass is 35.5. The number of piperidine rings is 1. The molecule has 0 atom stereocenters. The Morgan fingerprint density at radius 3 is 2.24 bits per heavy atom. The molecule has 8 rings (SSSR count). The monoisotopic (exact) mass is 721 g/mol. The number of Topliss-reactive ketones (excluding diaryl/α,β-unsaturated/α-hetero) is 1. The molecule has 3 aromatic rings. The second kappa shape index (κ2) is 15.6. The van der Waals surface area contributed by atoms with Crippen LogP contribution in [0.4, 0.5) is 13.6 Å². The van der Waals surface area contributed by atoms with Crippen LogP contribution in [-0.4, -0.2) is 113 Å². The van der Waals surface area contributed by atoms with Crippen LogP contribution in [0.1, 0.15) is 30.1 Å². The van der Waals surface area contributed by atoms with Crippen molar-refractivity contribution in [2.24, 2.45) is 0 Å². The Labute approximate surface area is 301 Å². The number of carbonyl (C=O) groups excluding carboxylic acids is 3. The van der Waals surface area contributed by atoms with Crippen molar-refractivity contribution in [3.05, 3.63) is 101 Å². The van der Waals surface area contributed by atoms with E-state index < -0.39 is 17.7 Å². The number of imidazole rings is 1. The van der Waals surface area contributed by atoms with Crippen molar-refractivity contribution in [1.82, 2.24) is 34.5 Å². The number of benzene rings is 2. The second-order valence-corrected chi connectivity index (χ2v) is 13.2. The molecule has 51 heavy (non-hydrogen) atoms. The van der Waals surface area contributed by atoms with E-state index in [9.17, 15) is 23.2 Å². The molecule has 1 aromatic heterocycles. The quantitative estimate of drug-likeness (QED) is 0.244. The van der Waals surface area contributed by atoms with Gasteiger partial charge in [0.1, 0.15) is 23.8 Å². The highest BCUT2D eigenvalue weighted by Crippen LogP contribution is 2.34. The molecule has 5 heterocycles. The van der Waals surface area contributed by atoms with Crippen LogP contribution < -0.4 is 5.32 Å². The van der Waals surface area contributed by atoms with Crippen LogP contribution in [0.3, 0.4) is 0 Å². The third-order valence-electron chi connectivity index (χ3n) is 9.41. The number of hydrogen-bond donors (Lipinski definition) is 1. The van der Waals surface area contributed by atoms with Crippen LogP contribution >= 0.6 is 12.4 Å². The van der Waals surface area contributed by atoms with Gasteiger partial charge in [0.15, 0.2) is 11.6 Å². The lowest BCUT2D eigenvalue weighted by molar-refractivity contribution is -0.117. The van der Waals surface area contributed by atoms with Gasteiger partial charge < -0.3 is 34.2 Å². The van der Waals surface area contributed by atoms with Gasteiger partial charge in [-0.2, -0.15) is 0 Å². The zero-order valence-electron chi connectivity index (χ0n) is 28.5. The maximum atomic E-state index is 13.8. The van der Waals surface area contributed by atoms with Crippen LogP contribution in [0, 0.1) is 11.6 Å². The van der Waals surface area contributed by atoms with Gasteiger partial charge in [0.2, 0.25) is 11.6 Å². The summed E-state index contributed by atoms with van der Waals surface area (Å²) in [5, 5.41) is 3.35. The van der Waals surface area contributed by atoms with Gasteiger partial charge in [0.05, 0.1) is 11.4 Å². The van der Waals surface area contributed by atoms with E-state index in [4.69, 9.17) is 9.72 Å². The molecule has 0 spiro atoms. The Kier molecular flexibility index (Phi) is 11.1. The zero-order valence-corrected chi connectivity index (χ0v) is 29.3. The highest BCUT2D eigenvalue weighted by molar-refractivity contribution is 6.22. The first kappa shape index (κ1) is 36.1. The number of halogens is 3. The average molecular weight is 722 g/mol. The van der Waals surface area contributed by atoms with E-state index >= 15 is 0 Å². The standard InChI is InChI=1S/C25H28F2N4O2.C12H13N3O2.ClH/c1-30(25(32)33-17-18-5-3-2-4-6-18)13-14-31-16-23(20-7-8-21(26)22(27)15-20)29-24(31)19-9-11-28-12-10-19;16-9-7-8(13-1-2-13)12(17)11(15-5-6-15)10(9)14-3-4-14;/h2-8,15-16,19,28H,9-14,17H2,1H3;7H,1-6H2;1H. The summed E-state index contributed by atoms with van der Waals surface area (Å²) in [5.41, 5.74) is 3.94. The molecular formula is C37H42ClF2N7O4. The minimum atomic E-state index is -0.897. The minimum Gasteiger partial charge on any atom is -0.445 e. The van der Waals surface area contributed by atoms with Crippen LogP contribution in [-0.2, 0) is 27.5 Å². The van der Waals surface area contributed by atoms with Crippen LogP contribution in [0.25, 0.3) is 11.3 Å². The molecule has 0 radical (unpaired) electrons. The van der Waals surface area contributed by atoms with Crippen molar-refractivity contribution in [2.75, 3.05) is 66.0 Å². The number of nitrogens with zero attached hydrogens (tertiary/aromatic N) is 6. The van der Waals surface area contributed by atoms with Crippen molar-refractivity contribution in [2.45, 2.75) is 31.9 Å². The van der Waals surface area contributed by atoms with Crippen molar-refractivity contribution >= 4 is 30.1 Å². The molecule has 1 N–H and O–H groups in total. The second-order valence-electron chi connectivity index (χ2n) is 13.2. The molecule has 2 aromatic carbocycles. The first-order valence-corrected chi connectivity index (χ1v) is 17.2.